The van der Waals surface area contributed by atoms with Gasteiger partial charge >= 0.3 is 0 Å². The Morgan fingerprint density at radius 2 is 2.17 bits per heavy atom. The molecule has 2 fully saturated rings. The van der Waals surface area contributed by atoms with E-state index < -0.39 is 0 Å². The Morgan fingerprint density at radius 1 is 1.28 bits per heavy atom. The lowest BCUT2D eigenvalue weighted by molar-refractivity contribution is 0.193. The van der Waals surface area contributed by atoms with E-state index in [1.165, 1.54) is 57.4 Å². The number of nitrogens with zero attached hydrogens (tertiary/aromatic N) is 2. The van der Waals surface area contributed by atoms with Gasteiger partial charge in [-0.15, -0.1) is 0 Å². The summed E-state index contributed by atoms with van der Waals surface area (Å²) in [4.78, 5) is 6.96. The molecule has 3 rings (SSSR count). The fourth-order valence-electron chi connectivity index (χ4n) is 3.39. The normalized spacial score (nSPS) is 26.6. The van der Waals surface area contributed by atoms with Crippen molar-refractivity contribution in [1.82, 2.24) is 15.2 Å². The topological polar surface area (TPSA) is 28.2 Å². The van der Waals surface area contributed by atoms with Gasteiger partial charge in [-0.3, -0.25) is 9.88 Å². The van der Waals surface area contributed by atoms with Gasteiger partial charge in [0.1, 0.15) is 0 Å². The first-order valence-electron chi connectivity index (χ1n) is 7.28. The van der Waals surface area contributed by atoms with Crippen molar-refractivity contribution in [2.75, 3.05) is 26.2 Å². The van der Waals surface area contributed by atoms with Crippen LogP contribution >= 0.6 is 0 Å². The van der Waals surface area contributed by atoms with Gasteiger partial charge in [-0.25, -0.2) is 0 Å². The molecule has 0 spiro atoms. The summed E-state index contributed by atoms with van der Waals surface area (Å²) in [6.45, 7) is 4.96. The Labute approximate surface area is 110 Å². The maximum atomic E-state index is 4.27. The molecule has 0 aromatic carbocycles. The summed E-state index contributed by atoms with van der Waals surface area (Å²) in [5.41, 5.74) is 1.41. The Balaban J connectivity index is 1.64. The van der Waals surface area contributed by atoms with Crippen LogP contribution in [0.3, 0.4) is 0 Å². The van der Waals surface area contributed by atoms with Crippen molar-refractivity contribution in [3.63, 3.8) is 0 Å². The van der Waals surface area contributed by atoms with Crippen LogP contribution in [-0.2, 0) is 0 Å². The Kier molecular flexibility index (Phi) is 3.91. The molecule has 0 saturated carbocycles. The fourth-order valence-corrected chi connectivity index (χ4v) is 3.39. The predicted molar refractivity (Wildman–Crippen MR) is 73.4 cm³/mol. The molecule has 3 nitrogen and oxygen atoms in total. The number of likely N-dealkylation sites (tertiary alicyclic amines) is 1. The maximum Gasteiger partial charge on any atom is 0.0363 e. The highest BCUT2D eigenvalue weighted by atomic mass is 15.2. The van der Waals surface area contributed by atoms with Gasteiger partial charge in [-0.1, -0.05) is 6.07 Å². The van der Waals surface area contributed by atoms with Crippen molar-refractivity contribution < 1.29 is 0 Å². The SMILES string of the molecule is c1cncc(C2CCCN2CC2CCNCC2)c1. The summed E-state index contributed by atoms with van der Waals surface area (Å²) in [6.07, 6.45) is 9.24. The average Bonchev–Trinajstić information content (AvgIpc) is 2.89. The first-order chi connectivity index (χ1) is 8.93. The predicted octanol–water partition coefficient (Wildman–Crippen LogP) is 2.22. The molecule has 2 aliphatic heterocycles. The third kappa shape index (κ3) is 2.73. The van der Waals surface area contributed by atoms with E-state index in [1.54, 1.807) is 0 Å². The van der Waals surface area contributed by atoms with Gasteiger partial charge in [0.05, 0.1) is 0 Å². The first kappa shape index (κ1) is 12.1. The smallest absolute Gasteiger partial charge is 0.0363 e. The number of hydrogen-bond donors (Lipinski definition) is 1. The molecular formula is C15H23N3. The second-order valence-electron chi connectivity index (χ2n) is 5.63. The summed E-state index contributed by atoms with van der Waals surface area (Å²) in [5.74, 6) is 0.892. The summed E-state index contributed by atoms with van der Waals surface area (Å²) in [5, 5.41) is 3.45. The number of nitrogens with one attached hydrogen (secondary N) is 1. The lowest BCUT2D eigenvalue weighted by Gasteiger charge is -2.31. The minimum Gasteiger partial charge on any atom is -0.317 e. The molecule has 1 atom stereocenters. The Morgan fingerprint density at radius 3 is 2.94 bits per heavy atom. The molecule has 1 unspecified atom stereocenters. The van der Waals surface area contributed by atoms with Crippen LogP contribution in [-0.4, -0.2) is 36.1 Å². The van der Waals surface area contributed by atoms with E-state index in [9.17, 15) is 0 Å². The Bertz CT molecular complexity index is 359. The van der Waals surface area contributed by atoms with Crippen LogP contribution in [0.5, 0.6) is 0 Å². The number of piperidine rings is 1. The van der Waals surface area contributed by atoms with Crippen molar-refractivity contribution in [2.24, 2.45) is 5.92 Å². The zero-order valence-corrected chi connectivity index (χ0v) is 11.0. The Hall–Kier alpha value is -0.930. The summed E-state index contributed by atoms with van der Waals surface area (Å²) >= 11 is 0. The third-order valence-electron chi connectivity index (χ3n) is 4.38. The zero-order valence-electron chi connectivity index (χ0n) is 11.0. The standard InChI is InChI=1S/C15H23N3/c1-3-14(11-17-7-1)15-4-2-10-18(15)12-13-5-8-16-9-6-13/h1,3,7,11,13,15-16H,2,4-6,8-10,12H2. The highest BCUT2D eigenvalue weighted by Crippen LogP contribution is 2.32. The second kappa shape index (κ2) is 5.81. The molecule has 3 heteroatoms. The molecule has 98 valence electrons. The van der Waals surface area contributed by atoms with Crippen LogP contribution in [0.25, 0.3) is 0 Å². The highest BCUT2D eigenvalue weighted by molar-refractivity contribution is 5.15. The van der Waals surface area contributed by atoms with Crippen molar-refractivity contribution in [1.29, 1.82) is 0 Å². The molecule has 0 bridgehead atoms. The van der Waals surface area contributed by atoms with Gasteiger partial charge in [-0.05, 0) is 62.9 Å². The van der Waals surface area contributed by atoms with Gasteiger partial charge in [0, 0.05) is 25.0 Å². The first-order valence-corrected chi connectivity index (χ1v) is 7.28. The number of pyridine rings is 1. The molecule has 0 radical (unpaired) electrons. The van der Waals surface area contributed by atoms with E-state index in [4.69, 9.17) is 0 Å². The van der Waals surface area contributed by atoms with Crippen LogP contribution in [0.2, 0.25) is 0 Å². The van der Waals surface area contributed by atoms with E-state index in [0.29, 0.717) is 6.04 Å². The minimum atomic E-state index is 0.619. The largest absolute Gasteiger partial charge is 0.317 e. The van der Waals surface area contributed by atoms with E-state index in [2.05, 4.69) is 27.3 Å². The van der Waals surface area contributed by atoms with Gasteiger partial charge in [0.15, 0.2) is 0 Å². The van der Waals surface area contributed by atoms with Crippen molar-refractivity contribution >= 4 is 0 Å². The van der Waals surface area contributed by atoms with Crippen LogP contribution in [0.4, 0.5) is 0 Å². The van der Waals surface area contributed by atoms with Crippen LogP contribution < -0.4 is 5.32 Å². The summed E-state index contributed by atoms with van der Waals surface area (Å²) < 4.78 is 0. The molecule has 2 saturated heterocycles. The molecule has 3 heterocycles. The molecule has 1 aromatic heterocycles. The third-order valence-corrected chi connectivity index (χ3v) is 4.38. The van der Waals surface area contributed by atoms with E-state index in [1.807, 2.05) is 12.4 Å². The molecule has 2 aliphatic rings. The van der Waals surface area contributed by atoms with Crippen molar-refractivity contribution in [3.8, 4) is 0 Å². The molecule has 18 heavy (non-hydrogen) atoms. The van der Waals surface area contributed by atoms with Gasteiger partial charge in [0.25, 0.3) is 0 Å². The van der Waals surface area contributed by atoms with E-state index in [-0.39, 0.29) is 0 Å². The number of hydrogen-bond acceptors (Lipinski definition) is 3. The van der Waals surface area contributed by atoms with E-state index >= 15 is 0 Å². The second-order valence-corrected chi connectivity index (χ2v) is 5.63. The van der Waals surface area contributed by atoms with Crippen LogP contribution in [0.15, 0.2) is 24.5 Å². The minimum absolute atomic E-state index is 0.619. The van der Waals surface area contributed by atoms with Crippen LogP contribution in [0, 0.1) is 5.92 Å². The zero-order chi connectivity index (χ0) is 12.2. The number of aromatic nitrogens is 1. The molecular weight excluding hydrogens is 222 g/mol. The van der Waals surface area contributed by atoms with Crippen LogP contribution in [0.1, 0.15) is 37.3 Å². The highest BCUT2D eigenvalue weighted by Gasteiger charge is 2.28. The maximum absolute atomic E-state index is 4.27. The van der Waals surface area contributed by atoms with Gasteiger partial charge < -0.3 is 5.32 Å². The fraction of sp³-hybridized carbons (Fsp3) is 0.667. The molecule has 0 aliphatic carbocycles. The monoisotopic (exact) mass is 245 g/mol. The molecule has 1 N–H and O–H groups in total. The van der Waals surface area contributed by atoms with Gasteiger partial charge in [0.2, 0.25) is 0 Å². The molecule has 0 amide bonds. The van der Waals surface area contributed by atoms with E-state index in [0.717, 1.165) is 5.92 Å². The van der Waals surface area contributed by atoms with Crippen molar-refractivity contribution in [2.45, 2.75) is 31.7 Å². The number of rotatable bonds is 3. The lowest BCUT2D eigenvalue weighted by atomic mass is 9.96. The summed E-state index contributed by atoms with van der Waals surface area (Å²) in [6, 6.07) is 4.92. The van der Waals surface area contributed by atoms with Crippen molar-refractivity contribution in [3.05, 3.63) is 30.1 Å². The van der Waals surface area contributed by atoms with Gasteiger partial charge in [-0.2, -0.15) is 0 Å². The average molecular weight is 245 g/mol. The molecule has 1 aromatic rings. The lowest BCUT2D eigenvalue weighted by Crippen LogP contribution is -2.36. The quantitative estimate of drug-likeness (QED) is 0.885. The summed E-state index contributed by atoms with van der Waals surface area (Å²) in [7, 11) is 0.